The fraction of sp³-hybridized carbons (Fsp3) is 0.455. The Labute approximate surface area is 92.6 Å². The minimum atomic E-state index is -0.255. The molecular weight excluding hydrogens is 245 g/mol. The van der Waals surface area contributed by atoms with Gasteiger partial charge in [-0.1, -0.05) is 36.7 Å². The Morgan fingerprint density at radius 1 is 1.29 bits per heavy atom. The first-order valence-corrected chi connectivity index (χ1v) is 5.31. The fourth-order valence-corrected chi connectivity index (χ4v) is 1.74. The van der Waals surface area contributed by atoms with Crippen LogP contribution in [-0.4, -0.2) is 0 Å². The SMILES string of the molecule is CC(C)(C)[C@H](N)c1cc(F)cc(Br)c1. The van der Waals surface area contributed by atoms with Gasteiger partial charge in [-0.05, 0) is 29.2 Å². The van der Waals surface area contributed by atoms with Gasteiger partial charge in [-0.2, -0.15) is 0 Å². The van der Waals surface area contributed by atoms with E-state index in [4.69, 9.17) is 5.73 Å². The highest BCUT2D eigenvalue weighted by molar-refractivity contribution is 9.10. The number of hydrogen-bond donors (Lipinski definition) is 1. The standard InChI is InChI=1S/C11H15BrFN/c1-11(2,3)10(14)7-4-8(12)6-9(13)5-7/h4-6,10H,14H2,1-3H3/t10-/m1/s1. The molecule has 3 heteroatoms. The van der Waals surface area contributed by atoms with Gasteiger partial charge in [0.2, 0.25) is 0 Å². The van der Waals surface area contributed by atoms with Crippen molar-refractivity contribution < 1.29 is 4.39 Å². The summed E-state index contributed by atoms with van der Waals surface area (Å²) >= 11 is 3.25. The lowest BCUT2D eigenvalue weighted by molar-refractivity contribution is 0.326. The molecule has 1 aromatic carbocycles. The van der Waals surface area contributed by atoms with Gasteiger partial charge in [0, 0.05) is 10.5 Å². The van der Waals surface area contributed by atoms with Gasteiger partial charge in [0.05, 0.1) is 0 Å². The molecule has 0 saturated carbocycles. The number of halogens is 2. The Kier molecular flexibility index (Phi) is 3.32. The van der Waals surface area contributed by atoms with Crippen molar-refractivity contribution in [1.82, 2.24) is 0 Å². The van der Waals surface area contributed by atoms with E-state index in [0.29, 0.717) is 0 Å². The molecule has 0 heterocycles. The van der Waals surface area contributed by atoms with E-state index in [2.05, 4.69) is 15.9 Å². The maximum atomic E-state index is 13.1. The molecule has 0 amide bonds. The zero-order valence-electron chi connectivity index (χ0n) is 8.64. The first-order valence-electron chi connectivity index (χ1n) is 4.52. The van der Waals surface area contributed by atoms with Crippen molar-refractivity contribution in [2.24, 2.45) is 11.1 Å². The second-order valence-electron chi connectivity index (χ2n) is 4.55. The minimum Gasteiger partial charge on any atom is -0.324 e. The molecule has 0 bridgehead atoms. The first-order chi connectivity index (χ1) is 6.30. The van der Waals surface area contributed by atoms with Crippen molar-refractivity contribution in [2.45, 2.75) is 26.8 Å². The third-order valence-corrected chi connectivity index (χ3v) is 2.63. The lowest BCUT2D eigenvalue weighted by atomic mass is 9.83. The van der Waals surface area contributed by atoms with Gasteiger partial charge in [0.15, 0.2) is 0 Å². The van der Waals surface area contributed by atoms with Crippen molar-refractivity contribution in [2.75, 3.05) is 0 Å². The largest absolute Gasteiger partial charge is 0.324 e. The van der Waals surface area contributed by atoms with Crippen LogP contribution in [0, 0.1) is 11.2 Å². The molecule has 1 rings (SSSR count). The molecule has 0 aromatic heterocycles. The Morgan fingerprint density at radius 3 is 2.29 bits per heavy atom. The van der Waals surface area contributed by atoms with Gasteiger partial charge in [-0.15, -0.1) is 0 Å². The maximum Gasteiger partial charge on any atom is 0.124 e. The second-order valence-corrected chi connectivity index (χ2v) is 5.46. The van der Waals surface area contributed by atoms with Crippen molar-refractivity contribution >= 4 is 15.9 Å². The summed E-state index contributed by atoms with van der Waals surface area (Å²) in [4.78, 5) is 0. The van der Waals surface area contributed by atoms with Crippen LogP contribution in [0.3, 0.4) is 0 Å². The molecule has 0 fully saturated rings. The molecule has 14 heavy (non-hydrogen) atoms. The summed E-state index contributed by atoms with van der Waals surface area (Å²) < 4.78 is 13.8. The highest BCUT2D eigenvalue weighted by atomic mass is 79.9. The van der Waals surface area contributed by atoms with E-state index in [0.717, 1.165) is 10.0 Å². The molecule has 1 atom stereocenters. The van der Waals surface area contributed by atoms with Crippen LogP contribution in [0.2, 0.25) is 0 Å². The van der Waals surface area contributed by atoms with E-state index in [1.807, 2.05) is 26.8 Å². The van der Waals surface area contributed by atoms with Crippen LogP contribution in [-0.2, 0) is 0 Å². The van der Waals surface area contributed by atoms with E-state index in [1.54, 1.807) is 0 Å². The van der Waals surface area contributed by atoms with Gasteiger partial charge in [0.25, 0.3) is 0 Å². The van der Waals surface area contributed by atoms with Crippen LogP contribution >= 0.6 is 15.9 Å². The van der Waals surface area contributed by atoms with Gasteiger partial charge in [-0.25, -0.2) is 4.39 Å². The van der Waals surface area contributed by atoms with Gasteiger partial charge < -0.3 is 5.73 Å². The van der Waals surface area contributed by atoms with E-state index >= 15 is 0 Å². The van der Waals surface area contributed by atoms with E-state index in [9.17, 15) is 4.39 Å². The lowest BCUT2D eigenvalue weighted by Gasteiger charge is -2.27. The third-order valence-electron chi connectivity index (χ3n) is 2.18. The van der Waals surface area contributed by atoms with E-state index in [-0.39, 0.29) is 17.3 Å². The normalized spacial score (nSPS) is 14.1. The number of rotatable bonds is 1. The molecule has 0 saturated heterocycles. The summed E-state index contributed by atoms with van der Waals surface area (Å²) in [5.74, 6) is -0.255. The van der Waals surface area contributed by atoms with Crippen LogP contribution in [0.15, 0.2) is 22.7 Å². The van der Waals surface area contributed by atoms with Crippen molar-refractivity contribution in [3.8, 4) is 0 Å². The monoisotopic (exact) mass is 259 g/mol. The molecule has 0 aliphatic rings. The molecule has 0 radical (unpaired) electrons. The second kappa shape index (κ2) is 3.99. The first kappa shape index (κ1) is 11.7. The smallest absolute Gasteiger partial charge is 0.124 e. The van der Waals surface area contributed by atoms with Gasteiger partial charge >= 0.3 is 0 Å². The number of benzene rings is 1. The Bertz CT molecular complexity index is 310. The van der Waals surface area contributed by atoms with E-state index < -0.39 is 0 Å². The molecule has 0 aliphatic carbocycles. The zero-order valence-corrected chi connectivity index (χ0v) is 10.2. The quantitative estimate of drug-likeness (QED) is 0.819. The molecule has 1 aromatic rings. The van der Waals surface area contributed by atoms with Crippen LogP contribution in [0.5, 0.6) is 0 Å². The summed E-state index contributed by atoms with van der Waals surface area (Å²) in [7, 11) is 0. The van der Waals surface area contributed by atoms with Crippen LogP contribution < -0.4 is 5.73 Å². The third kappa shape index (κ3) is 2.79. The highest BCUT2D eigenvalue weighted by Crippen LogP contribution is 2.31. The fourth-order valence-electron chi connectivity index (χ4n) is 1.25. The molecule has 2 N–H and O–H groups in total. The van der Waals surface area contributed by atoms with Crippen LogP contribution in [0.4, 0.5) is 4.39 Å². The molecule has 0 unspecified atom stereocenters. The summed E-state index contributed by atoms with van der Waals surface area (Å²) in [6.45, 7) is 6.11. The summed E-state index contributed by atoms with van der Waals surface area (Å²) in [5.41, 5.74) is 6.78. The van der Waals surface area contributed by atoms with Gasteiger partial charge in [-0.3, -0.25) is 0 Å². The molecule has 1 nitrogen and oxygen atoms in total. The Morgan fingerprint density at radius 2 is 1.86 bits per heavy atom. The molecule has 78 valence electrons. The average molecular weight is 260 g/mol. The summed E-state index contributed by atoms with van der Waals surface area (Å²) in [6.07, 6.45) is 0. The number of nitrogens with two attached hydrogens (primary N) is 1. The summed E-state index contributed by atoms with van der Waals surface area (Å²) in [5, 5.41) is 0. The van der Waals surface area contributed by atoms with Crippen molar-refractivity contribution in [3.05, 3.63) is 34.1 Å². The predicted molar refractivity (Wildman–Crippen MR) is 60.5 cm³/mol. The van der Waals surface area contributed by atoms with Crippen LogP contribution in [0.1, 0.15) is 32.4 Å². The van der Waals surface area contributed by atoms with Crippen molar-refractivity contribution in [3.63, 3.8) is 0 Å². The topological polar surface area (TPSA) is 26.0 Å². The molecule has 0 spiro atoms. The predicted octanol–water partition coefficient (Wildman–Crippen LogP) is 3.63. The molecule has 0 aliphatic heterocycles. The van der Waals surface area contributed by atoms with E-state index in [1.165, 1.54) is 12.1 Å². The molecular formula is C11H15BrFN. The maximum absolute atomic E-state index is 13.1. The van der Waals surface area contributed by atoms with Crippen LogP contribution in [0.25, 0.3) is 0 Å². The van der Waals surface area contributed by atoms with Gasteiger partial charge in [0.1, 0.15) is 5.82 Å². The number of hydrogen-bond acceptors (Lipinski definition) is 1. The summed E-state index contributed by atoms with van der Waals surface area (Å²) in [6, 6.07) is 4.62. The minimum absolute atomic E-state index is 0.0623. The average Bonchev–Trinajstić information content (AvgIpc) is 1.99. The lowest BCUT2D eigenvalue weighted by Crippen LogP contribution is -2.26. The highest BCUT2D eigenvalue weighted by Gasteiger charge is 2.22. The van der Waals surface area contributed by atoms with Crippen molar-refractivity contribution in [1.29, 1.82) is 0 Å². The Balaban J connectivity index is 3.07. The Hall–Kier alpha value is -0.410. The zero-order chi connectivity index (χ0) is 10.9.